The van der Waals surface area contributed by atoms with Crippen molar-refractivity contribution in [2.75, 3.05) is 13.1 Å². The van der Waals surface area contributed by atoms with Crippen LogP contribution in [0.1, 0.15) is 58.8 Å². The fourth-order valence-corrected chi connectivity index (χ4v) is 4.26. The number of piperidine rings is 1. The second-order valence-electron chi connectivity index (χ2n) is 6.22. The van der Waals surface area contributed by atoms with E-state index in [4.69, 9.17) is 0 Å². The van der Waals surface area contributed by atoms with Gasteiger partial charge in [-0.25, -0.2) is 0 Å². The van der Waals surface area contributed by atoms with Gasteiger partial charge in [-0.05, 0) is 51.4 Å². The molecule has 2 heterocycles. The van der Waals surface area contributed by atoms with Crippen molar-refractivity contribution >= 4 is 0 Å². The minimum absolute atomic E-state index is 0.468. The summed E-state index contributed by atoms with van der Waals surface area (Å²) in [6, 6.07) is 0. The lowest BCUT2D eigenvalue weighted by Crippen LogP contribution is -2.55. The molecule has 0 aromatic rings. The topological polar surface area (TPSA) is 3.24 Å². The van der Waals surface area contributed by atoms with E-state index < -0.39 is 0 Å². The van der Waals surface area contributed by atoms with Gasteiger partial charge in [0.15, 0.2) is 0 Å². The minimum Gasteiger partial charge on any atom is -0.294 e. The van der Waals surface area contributed by atoms with E-state index in [1.165, 1.54) is 58.0 Å². The molecule has 1 heteroatoms. The summed E-state index contributed by atoms with van der Waals surface area (Å²) < 4.78 is 0. The molecule has 0 aromatic heterocycles. The number of fused-ring (bicyclic) bond motifs is 2. The molecule has 3 rings (SSSR count). The van der Waals surface area contributed by atoms with Gasteiger partial charge in [-0.1, -0.05) is 24.5 Å². The first-order valence-corrected chi connectivity index (χ1v) is 7.20. The largest absolute Gasteiger partial charge is 0.294 e. The van der Waals surface area contributed by atoms with Crippen molar-refractivity contribution in [1.29, 1.82) is 0 Å². The van der Waals surface area contributed by atoms with Crippen LogP contribution in [0.3, 0.4) is 0 Å². The maximum absolute atomic E-state index is 2.81. The molecule has 90 valence electrons. The summed E-state index contributed by atoms with van der Waals surface area (Å²) in [4.78, 5) is 2.81. The lowest BCUT2D eigenvalue weighted by molar-refractivity contribution is 0.0475. The van der Waals surface area contributed by atoms with Crippen LogP contribution >= 0.6 is 0 Å². The molecule has 0 spiro atoms. The predicted molar refractivity (Wildman–Crippen MR) is 68.5 cm³/mol. The first kappa shape index (κ1) is 10.8. The maximum atomic E-state index is 2.81. The van der Waals surface area contributed by atoms with E-state index in [0.29, 0.717) is 5.54 Å². The summed E-state index contributed by atoms with van der Waals surface area (Å²) in [6.45, 7) is 7.59. The monoisotopic (exact) mass is 219 g/mol. The first-order valence-electron chi connectivity index (χ1n) is 7.20. The summed E-state index contributed by atoms with van der Waals surface area (Å²) in [5.41, 5.74) is 4.16. The third-order valence-corrected chi connectivity index (χ3v) is 5.46. The van der Waals surface area contributed by atoms with E-state index in [2.05, 4.69) is 18.7 Å². The maximum Gasteiger partial charge on any atom is 0.0395 e. The Morgan fingerprint density at radius 1 is 1.31 bits per heavy atom. The smallest absolute Gasteiger partial charge is 0.0395 e. The summed E-state index contributed by atoms with van der Waals surface area (Å²) in [5.74, 6) is 0.969. The second kappa shape index (κ2) is 3.87. The Bertz CT molecular complexity index is 317. The fraction of sp³-hybridized carbons (Fsp3) is 0.867. The molecule has 0 saturated carbocycles. The highest BCUT2D eigenvalue weighted by molar-refractivity contribution is 5.33. The van der Waals surface area contributed by atoms with E-state index in [1.54, 1.807) is 0 Å². The van der Waals surface area contributed by atoms with E-state index in [1.807, 2.05) is 11.1 Å². The van der Waals surface area contributed by atoms with Crippen molar-refractivity contribution in [1.82, 2.24) is 4.90 Å². The summed E-state index contributed by atoms with van der Waals surface area (Å²) in [5, 5.41) is 0. The van der Waals surface area contributed by atoms with Crippen molar-refractivity contribution in [2.45, 2.75) is 64.3 Å². The third-order valence-electron chi connectivity index (χ3n) is 5.46. The molecule has 2 atom stereocenters. The molecule has 0 amide bonds. The van der Waals surface area contributed by atoms with Crippen molar-refractivity contribution < 1.29 is 0 Å². The molecule has 0 N–H and O–H groups in total. The molecule has 1 saturated heterocycles. The van der Waals surface area contributed by atoms with Crippen LogP contribution in [0.4, 0.5) is 0 Å². The zero-order valence-electron chi connectivity index (χ0n) is 10.9. The van der Waals surface area contributed by atoms with Gasteiger partial charge in [-0.15, -0.1) is 0 Å². The summed E-state index contributed by atoms with van der Waals surface area (Å²) in [7, 11) is 0. The molecule has 0 aromatic carbocycles. The zero-order valence-corrected chi connectivity index (χ0v) is 10.9. The van der Waals surface area contributed by atoms with E-state index >= 15 is 0 Å². The van der Waals surface area contributed by atoms with Crippen LogP contribution in [-0.4, -0.2) is 23.5 Å². The molecular formula is C15H25N. The van der Waals surface area contributed by atoms with Crippen LogP contribution in [0.2, 0.25) is 0 Å². The number of hydrogen-bond acceptors (Lipinski definition) is 1. The van der Waals surface area contributed by atoms with Crippen LogP contribution in [0.25, 0.3) is 0 Å². The Kier molecular flexibility index (Phi) is 2.62. The van der Waals surface area contributed by atoms with Crippen LogP contribution in [0.15, 0.2) is 11.1 Å². The molecule has 0 radical (unpaired) electrons. The molecule has 3 aliphatic rings. The fourth-order valence-electron chi connectivity index (χ4n) is 4.26. The molecule has 16 heavy (non-hydrogen) atoms. The summed E-state index contributed by atoms with van der Waals surface area (Å²) >= 11 is 0. The molecule has 1 nitrogen and oxygen atoms in total. The molecule has 0 unspecified atom stereocenters. The number of rotatable bonds is 1. The quantitative estimate of drug-likeness (QED) is 0.607. The van der Waals surface area contributed by atoms with Gasteiger partial charge < -0.3 is 0 Å². The Hall–Kier alpha value is -0.300. The van der Waals surface area contributed by atoms with Gasteiger partial charge >= 0.3 is 0 Å². The standard InChI is InChI=1S/C15H25N/c1-3-12-7-9-15(2)14-6-4-5-13(14)8-10-16(15)11-12/h12H,3-11H2,1-2H3/t12-,15-/m1/s1. The SMILES string of the molecule is CC[C@@H]1CC[C@]2(C)C3=C(CCC3)CCN2C1. The normalized spacial score (nSPS) is 39.8. The number of hydrogen-bond donors (Lipinski definition) is 0. The van der Waals surface area contributed by atoms with Crippen molar-refractivity contribution in [3.63, 3.8) is 0 Å². The molecule has 2 aliphatic heterocycles. The Balaban J connectivity index is 1.87. The Morgan fingerprint density at radius 2 is 2.19 bits per heavy atom. The molecule has 1 aliphatic carbocycles. The highest BCUT2D eigenvalue weighted by atomic mass is 15.2. The highest BCUT2D eigenvalue weighted by Crippen LogP contribution is 2.47. The average Bonchev–Trinajstić information content (AvgIpc) is 2.77. The zero-order chi connectivity index (χ0) is 11.2. The van der Waals surface area contributed by atoms with Crippen LogP contribution < -0.4 is 0 Å². The van der Waals surface area contributed by atoms with Crippen LogP contribution in [-0.2, 0) is 0 Å². The lowest BCUT2D eigenvalue weighted by Gasteiger charge is -2.51. The predicted octanol–water partition coefficient (Wildman–Crippen LogP) is 3.75. The van der Waals surface area contributed by atoms with Gasteiger partial charge in [0.25, 0.3) is 0 Å². The van der Waals surface area contributed by atoms with Crippen molar-refractivity contribution in [3.8, 4) is 0 Å². The van der Waals surface area contributed by atoms with E-state index in [-0.39, 0.29) is 0 Å². The van der Waals surface area contributed by atoms with Crippen LogP contribution in [0.5, 0.6) is 0 Å². The first-order chi connectivity index (χ1) is 7.74. The molecular weight excluding hydrogens is 194 g/mol. The van der Waals surface area contributed by atoms with E-state index in [9.17, 15) is 0 Å². The molecule has 0 bridgehead atoms. The van der Waals surface area contributed by atoms with Gasteiger partial charge in [-0.3, -0.25) is 4.90 Å². The lowest BCUT2D eigenvalue weighted by atomic mass is 9.74. The van der Waals surface area contributed by atoms with Gasteiger partial charge in [0.2, 0.25) is 0 Å². The van der Waals surface area contributed by atoms with Crippen LogP contribution in [0, 0.1) is 5.92 Å². The molecule has 1 fully saturated rings. The van der Waals surface area contributed by atoms with Crippen molar-refractivity contribution in [3.05, 3.63) is 11.1 Å². The van der Waals surface area contributed by atoms with E-state index in [0.717, 1.165) is 5.92 Å². The van der Waals surface area contributed by atoms with Gasteiger partial charge in [0.1, 0.15) is 0 Å². The second-order valence-corrected chi connectivity index (χ2v) is 6.22. The summed E-state index contributed by atoms with van der Waals surface area (Å²) in [6.07, 6.45) is 9.88. The highest BCUT2D eigenvalue weighted by Gasteiger charge is 2.44. The van der Waals surface area contributed by atoms with Crippen molar-refractivity contribution in [2.24, 2.45) is 5.92 Å². The minimum atomic E-state index is 0.468. The Morgan fingerprint density at radius 3 is 3.00 bits per heavy atom. The average molecular weight is 219 g/mol. The van der Waals surface area contributed by atoms with Gasteiger partial charge in [0, 0.05) is 18.6 Å². The number of nitrogens with zero attached hydrogens (tertiary/aromatic N) is 1. The van der Waals surface area contributed by atoms with Gasteiger partial charge in [0.05, 0.1) is 0 Å². The third kappa shape index (κ3) is 1.48. The Labute approximate surface area is 99.9 Å². The van der Waals surface area contributed by atoms with Gasteiger partial charge in [-0.2, -0.15) is 0 Å².